The fourth-order valence-corrected chi connectivity index (χ4v) is 17.3. The summed E-state index contributed by atoms with van der Waals surface area (Å²) in [6.45, 7) is 0. The summed E-state index contributed by atoms with van der Waals surface area (Å²) < 4.78 is 4.74. The molecule has 0 amide bonds. The van der Waals surface area contributed by atoms with Gasteiger partial charge in [0.1, 0.15) is 0 Å². The van der Waals surface area contributed by atoms with E-state index in [9.17, 15) is 0 Å². The molecule has 4 nitrogen and oxygen atoms in total. The highest BCUT2D eigenvalue weighted by atomic mass is 15.1. The van der Waals surface area contributed by atoms with Crippen molar-refractivity contribution in [3.63, 3.8) is 0 Å². The first-order valence-electron chi connectivity index (χ1n) is 40.5. The summed E-state index contributed by atoms with van der Waals surface area (Å²) in [5, 5.41) is 12.6. The molecule has 0 aliphatic heterocycles. The second kappa shape index (κ2) is 30.7. The van der Waals surface area contributed by atoms with Crippen LogP contribution in [0.4, 0.5) is 34.1 Å². The zero-order valence-electron chi connectivity index (χ0n) is 64.8. The molecule has 0 saturated carbocycles. The fourth-order valence-electron chi connectivity index (χ4n) is 17.3. The average Bonchev–Trinajstić information content (AvgIpc) is 1.63. The van der Waals surface area contributed by atoms with Crippen LogP contribution in [0.2, 0.25) is 0 Å². The fraction of sp³-hybridized carbons (Fsp3) is 0. The van der Waals surface area contributed by atoms with Crippen molar-refractivity contribution in [1.82, 2.24) is 9.13 Å². The first kappa shape index (κ1) is 70.3. The summed E-state index contributed by atoms with van der Waals surface area (Å²) in [5.74, 6) is 0. The number of para-hydroxylation sites is 4. The van der Waals surface area contributed by atoms with Gasteiger partial charge in [-0.05, 0) is 250 Å². The Bertz CT molecular complexity index is 7290. The highest BCUT2D eigenvalue weighted by Crippen LogP contribution is 2.43. The van der Waals surface area contributed by atoms with E-state index < -0.39 is 0 Å². The Kier molecular flexibility index (Phi) is 18.3. The smallest absolute Gasteiger partial charge is 0.0541 e. The van der Waals surface area contributed by atoms with Crippen LogP contribution in [0.1, 0.15) is 0 Å². The summed E-state index contributed by atoms with van der Waals surface area (Å²) in [6, 6.07) is 171. The number of nitrogens with zero attached hydrogens (tertiary/aromatic N) is 4. The van der Waals surface area contributed by atoms with E-state index in [0.717, 1.165) is 45.5 Å². The van der Waals surface area contributed by atoms with E-state index in [-0.39, 0.29) is 0 Å². The number of hydrogen-bond acceptors (Lipinski definition) is 2. The Labute approximate surface area is 686 Å². The summed E-state index contributed by atoms with van der Waals surface area (Å²) in [4.78, 5) is 4.71. The molecule has 0 spiro atoms. The Morgan fingerprint density at radius 3 is 0.559 bits per heavy atom. The van der Waals surface area contributed by atoms with Gasteiger partial charge in [-0.2, -0.15) is 0 Å². The lowest BCUT2D eigenvalue weighted by molar-refractivity contribution is 1.17. The van der Waals surface area contributed by atoms with Gasteiger partial charge in [-0.1, -0.05) is 334 Å². The molecule has 0 unspecified atom stereocenters. The van der Waals surface area contributed by atoms with Gasteiger partial charge in [0.25, 0.3) is 0 Å². The van der Waals surface area contributed by atoms with Gasteiger partial charge in [0, 0.05) is 67.0 Å². The Morgan fingerprint density at radius 2 is 0.305 bits per heavy atom. The molecule has 22 aromatic rings. The van der Waals surface area contributed by atoms with Crippen LogP contribution in [0.5, 0.6) is 0 Å². The van der Waals surface area contributed by atoms with Gasteiger partial charge < -0.3 is 18.9 Å². The molecular weight excluding hydrogens is 1430 g/mol. The summed E-state index contributed by atoms with van der Waals surface area (Å²) in [7, 11) is 0. The summed E-state index contributed by atoms with van der Waals surface area (Å²) in [6.07, 6.45) is 0. The standard InChI is InChI=1S/C58H40N2.C56H38N2/c1-2-10-41(11-3-1)43-18-20-44(21-19-43)46-28-32-51(33-29-46)59(53-36-38-54(39-37-53)60-57-16-8-6-14-55(57)56-15-7-9-17-58(56)60)52-34-30-47(31-35-52)45-22-24-48(25-23-45)50-27-26-42-12-4-5-13-49(42)40-50;1-3-11-45-37-47(23-21-39(45)9-1)43-19-17-41(18-20-43)42-25-29-49(30-26-42)57(50-31-27-44(28-32-50)48-24-22-40-10-2-4-12-46(40)38-48)51-33-35-52(36-34-51)58-55-15-7-5-13-53(55)54-14-6-8-16-56(54)58/h1-40H;1-38H. The van der Waals surface area contributed by atoms with Gasteiger partial charge in [0.15, 0.2) is 0 Å². The first-order chi connectivity index (χ1) is 58.5. The number of rotatable bonds is 15. The molecule has 0 aliphatic rings. The van der Waals surface area contributed by atoms with Crippen LogP contribution in [-0.2, 0) is 0 Å². The normalized spacial score (nSPS) is 11.4. The van der Waals surface area contributed by atoms with Gasteiger partial charge in [-0.25, -0.2) is 0 Å². The second-order valence-electron chi connectivity index (χ2n) is 30.4. The molecule has 554 valence electrons. The number of fused-ring (bicyclic) bond motifs is 9. The van der Waals surface area contributed by atoms with Crippen molar-refractivity contribution in [3.8, 4) is 89.3 Å². The van der Waals surface area contributed by atoms with Crippen molar-refractivity contribution in [1.29, 1.82) is 0 Å². The SMILES string of the molecule is c1ccc(-c2ccc(-c3ccc(N(c4ccc(-c5ccc(-c6ccc7ccccc7c6)cc5)cc4)c4ccc(-n5c6ccccc6c6ccccc65)cc4)cc3)cc2)cc1.c1ccc2cc(-c3ccc(-c4ccc(N(c5ccc(-c6ccc7ccccc7c6)cc5)c5ccc(-n6c7ccccc7c7ccccc76)cc5)cc4)cc3)ccc2c1. The molecule has 0 fully saturated rings. The predicted molar refractivity (Wildman–Crippen MR) is 501 cm³/mol. The molecule has 0 radical (unpaired) electrons. The van der Waals surface area contributed by atoms with E-state index >= 15 is 0 Å². The second-order valence-corrected chi connectivity index (χ2v) is 30.4. The third-order valence-electron chi connectivity index (χ3n) is 23.4. The third-order valence-corrected chi connectivity index (χ3v) is 23.4. The maximum atomic E-state index is 2.37. The minimum Gasteiger partial charge on any atom is -0.311 e. The molecule has 2 aromatic heterocycles. The van der Waals surface area contributed by atoms with E-state index in [2.05, 4.69) is 492 Å². The van der Waals surface area contributed by atoms with Crippen LogP contribution in [0.3, 0.4) is 0 Å². The number of aromatic nitrogens is 2. The summed E-state index contributed by atoms with van der Waals surface area (Å²) >= 11 is 0. The molecule has 20 aromatic carbocycles. The summed E-state index contributed by atoms with van der Waals surface area (Å²) in [5.41, 5.74) is 30.5. The number of benzene rings is 20. The molecule has 0 aliphatic carbocycles. The molecule has 0 saturated heterocycles. The first-order valence-corrected chi connectivity index (χ1v) is 40.5. The van der Waals surface area contributed by atoms with Crippen LogP contribution in [-0.4, -0.2) is 9.13 Å². The van der Waals surface area contributed by atoms with E-state index in [1.165, 1.54) is 154 Å². The van der Waals surface area contributed by atoms with Crippen molar-refractivity contribution < 1.29 is 0 Å². The zero-order chi connectivity index (χ0) is 78.2. The van der Waals surface area contributed by atoms with Crippen molar-refractivity contribution in [2.75, 3.05) is 9.80 Å². The minimum atomic E-state index is 1.09. The monoisotopic (exact) mass is 1500 g/mol. The molecule has 22 rings (SSSR count). The molecule has 4 heteroatoms. The van der Waals surface area contributed by atoms with E-state index in [0.29, 0.717) is 0 Å². The topological polar surface area (TPSA) is 16.3 Å². The van der Waals surface area contributed by atoms with E-state index in [1.54, 1.807) is 0 Å². The van der Waals surface area contributed by atoms with E-state index in [4.69, 9.17) is 0 Å². The lowest BCUT2D eigenvalue weighted by Crippen LogP contribution is -2.10. The van der Waals surface area contributed by atoms with Gasteiger partial charge >= 0.3 is 0 Å². The molecule has 0 bridgehead atoms. The highest BCUT2D eigenvalue weighted by Gasteiger charge is 2.20. The van der Waals surface area contributed by atoms with Crippen LogP contribution < -0.4 is 9.80 Å². The zero-order valence-corrected chi connectivity index (χ0v) is 64.8. The van der Waals surface area contributed by atoms with Gasteiger partial charge in [0.2, 0.25) is 0 Å². The largest absolute Gasteiger partial charge is 0.311 e. The van der Waals surface area contributed by atoms with Gasteiger partial charge in [-0.3, -0.25) is 0 Å². The van der Waals surface area contributed by atoms with Gasteiger partial charge in [-0.15, -0.1) is 0 Å². The van der Waals surface area contributed by atoms with E-state index in [1.807, 2.05) is 0 Å². The van der Waals surface area contributed by atoms with Crippen LogP contribution in [0.25, 0.3) is 165 Å². The molecule has 118 heavy (non-hydrogen) atoms. The van der Waals surface area contributed by atoms with Crippen LogP contribution >= 0.6 is 0 Å². The van der Waals surface area contributed by atoms with Crippen molar-refractivity contribution >= 4 is 110 Å². The predicted octanol–water partition coefficient (Wildman–Crippen LogP) is 31.6. The third kappa shape index (κ3) is 13.6. The van der Waals surface area contributed by atoms with Crippen molar-refractivity contribution in [2.45, 2.75) is 0 Å². The Hall–Kier alpha value is -15.6. The Morgan fingerprint density at radius 1 is 0.127 bits per heavy atom. The molecule has 0 N–H and O–H groups in total. The van der Waals surface area contributed by atoms with Gasteiger partial charge in [0.05, 0.1) is 22.1 Å². The lowest BCUT2D eigenvalue weighted by Gasteiger charge is -2.26. The number of hydrogen-bond donors (Lipinski definition) is 0. The van der Waals surface area contributed by atoms with Crippen molar-refractivity contribution in [3.05, 3.63) is 473 Å². The quantitative estimate of drug-likeness (QED) is 0.102. The van der Waals surface area contributed by atoms with Crippen LogP contribution in [0.15, 0.2) is 473 Å². The maximum Gasteiger partial charge on any atom is 0.0541 e. The maximum absolute atomic E-state index is 2.37. The molecule has 2 heterocycles. The van der Waals surface area contributed by atoms with Crippen molar-refractivity contribution in [2.24, 2.45) is 0 Å². The molecular formula is C114H78N4. The number of anilines is 6. The Balaban J connectivity index is 0.000000147. The average molecular weight is 1500 g/mol. The molecule has 0 atom stereocenters. The lowest BCUT2D eigenvalue weighted by atomic mass is 9.98. The van der Waals surface area contributed by atoms with Crippen LogP contribution in [0, 0.1) is 0 Å². The highest BCUT2D eigenvalue weighted by molar-refractivity contribution is 6.10. The minimum absolute atomic E-state index is 1.09.